The molecular weight excluding hydrogens is 416 g/mol. The number of carbonyl (C=O) groups excluding carboxylic acids is 2. The van der Waals surface area contributed by atoms with Crippen molar-refractivity contribution in [3.05, 3.63) is 77.4 Å². The summed E-state index contributed by atoms with van der Waals surface area (Å²) in [4.78, 5) is 24.9. The summed E-state index contributed by atoms with van der Waals surface area (Å²) in [5, 5.41) is 3.97. The molecule has 1 amide bonds. The predicted octanol–water partition coefficient (Wildman–Crippen LogP) is 3.13. The third kappa shape index (κ3) is 3.91. The van der Waals surface area contributed by atoms with Gasteiger partial charge >= 0.3 is 5.97 Å². The van der Waals surface area contributed by atoms with Crippen LogP contribution in [0.4, 0.5) is 0 Å². The Kier molecular flexibility index (Phi) is 5.04. The summed E-state index contributed by atoms with van der Waals surface area (Å²) < 4.78 is 26.6. The van der Waals surface area contributed by atoms with Gasteiger partial charge in [-0.1, -0.05) is 12.1 Å². The van der Waals surface area contributed by atoms with Crippen LogP contribution in [0, 0.1) is 0 Å². The molecule has 0 atom stereocenters. The zero-order chi connectivity index (χ0) is 21.9. The molecule has 3 aromatic carbocycles. The van der Waals surface area contributed by atoms with Gasteiger partial charge in [-0.15, -0.1) is 0 Å². The van der Waals surface area contributed by atoms with Gasteiger partial charge in [-0.3, -0.25) is 4.79 Å². The molecule has 0 fully saturated rings. The van der Waals surface area contributed by atoms with Crippen molar-refractivity contribution in [2.24, 2.45) is 5.10 Å². The van der Waals surface area contributed by atoms with Gasteiger partial charge in [-0.2, -0.15) is 5.10 Å². The second-order valence-electron chi connectivity index (χ2n) is 6.76. The van der Waals surface area contributed by atoms with Gasteiger partial charge in [0.15, 0.2) is 23.0 Å². The van der Waals surface area contributed by atoms with E-state index in [0.29, 0.717) is 39.7 Å². The first-order valence-corrected chi connectivity index (χ1v) is 9.61. The SMILES string of the molecule is O=C(NN=Cc1ccccc1OC(=O)c1ccc2c(c1)OCO2)c1ccc2c(c1)OCO2. The van der Waals surface area contributed by atoms with E-state index >= 15 is 0 Å². The van der Waals surface area contributed by atoms with Gasteiger partial charge in [0.05, 0.1) is 11.8 Å². The lowest BCUT2D eigenvalue weighted by Gasteiger charge is -2.08. The van der Waals surface area contributed by atoms with Crippen LogP contribution in [0.3, 0.4) is 0 Å². The number of para-hydroxylation sites is 1. The number of hydrogen-bond acceptors (Lipinski definition) is 8. The topological polar surface area (TPSA) is 105 Å². The molecular formula is C23H16N2O7. The molecule has 2 heterocycles. The van der Waals surface area contributed by atoms with Crippen LogP contribution in [-0.2, 0) is 0 Å². The van der Waals surface area contributed by atoms with E-state index < -0.39 is 11.9 Å². The van der Waals surface area contributed by atoms with Crippen molar-refractivity contribution < 1.29 is 33.3 Å². The highest BCUT2D eigenvalue weighted by Gasteiger charge is 2.18. The maximum absolute atomic E-state index is 12.6. The van der Waals surface area contributed by atoms with Crippen LogP contribution >= 0.6 is 0 Å². The molecule has 9 nitrogen and oxygen atoms in total. The first-order chi connectivity index (χ1) is 15.7. The molecule has 5 rings (SSSR count). The van der Waals surface area contributed by atoms with Crippen LogP contribution in [-0.4, -0.2) is 31.7 Å². The van der Waals surface area contributed by atoms with Crippen LogP contribution in [0.25, 0.3) is 0 Å². The van der Waals surface area contributed by atoms with E-state index in [2.05, 4.69) is 10.5 Å². The Morgan fingerprint density at radius 1 is 0.812 bits per heavy atom. The Bertz CT molecular complexity index is 1240. The zero-order valence-corrected chi connectivity index (χ0v) is 16.6. The molecule has 0 saturated carbocycles. The highest BCUT2D eigenvalue weighted by Crippen LogP contribution is 2.33. The van der Waals surface area contributed by atoms with Gasteiger partial charge in [0.25, 0.3) is 5.91 Å². The Morgan fingerprint density at radius 3 is 2.19 bits per heavy atom. The fraction of sp³-hybridized carbons (Fsp3) is 0.0870. The molecule has 2 aliphatic heterocycles. The van der Waals surface area contributed by atoms with Crippen LogP contribution in [0.2, 0.25) is 0 Å². The van der Waals surface area contributed by atoms with E-state index in [1.807, 2.05) is 0 Å². The van der Waals surface area contributed by atoms with Gasteiger partial charge in [-0.25, -0.2) is 10.2 Å². The predicted molar refractivity (Wildman–Crippen MR) is 112 cm³/mol. The van der Waals surface area contributed by atoms with Gasteiger partial charge in [0.1, 0.15) is 5.75 Å². The minimum atomic E-state index is -0.562. The molecule has 0 radical (unpaired) electrons. The smallest absolute Gasteiger partial charge is 0.343 e. The molecule has 9 heteroatoms. The fourth-order valence-electron chi connectivity index (χ4n) is 3.13. The van der Waals surface area contributed by atoms with E-state index in [1.165, 1.54) is 6.21 Å². The van der Waals surface area contributed by atoms with Crippen molar-refractivity contribution in [2.45, 2.75) is 0 Å². The summed E-state index contributed by atoms with van der Waals surface area (Å²) in [6.07, 6.45) is 1.40. The Labute approximate surface area is 182 Å². The Hall–Kier alpha value is -4.53. The second-order valence-corrected chi connectivity index (χ2v) is 6.76. The van der Waals surface area contributed by atoms with Crippen molar-refractivity contribution >= 4 is 18.1 Å². The molecule has 1 N–H and O–H groups in total. The summed E-state index contributed by atoms with van der Waals surface area (Å²) in [6.45, 7) is 0.241. The van der Waals surface area contributed by atoms with Crippen molar-refractivity contribution in [3.8, 4) is 28.7 Å². The van der Waals surface area contributed by atoms with E-state index in [1.54, 1.807) is 60.7 Å². The lowest BCUT2D eigenvalue weighted by Crippen LogP contribution is -2.17. The number of hydrazone groups is 1. The number of benzene rings is 3. The van der Waals surface area contributed by atoms with E-state index in [-0.39, 0.29) is 19.3 Å². The van der Waals surface area contributed by atoms with Crippen LogP contribution in [0.5, 0.6) is 28.7 Å². The lowest BCUT2D eigenvalue weighted by molar-refractivity contribution is 0.0733. The van der Waals surface area contributed by atoms with Crippen LogP contribution in [0.15, 0.2) is 65.8 Å². The summed E-state index contributed by atoms with van der Waals surface area (Å²) in [5.41, 5.74) is 3.64. The molecule has 0 aromatic heterocycles. The van der Waals surface area contributed by atoms with Crippen molar-refractivity contribution in [2.75, 3.05) is 13.6 Å². The summed E-state index contributed by atoms with van der Waals surface area (Å²) in [5.74, 6) is 1.46. The van der Waals surface area contributed by atoms with Gasteiger partial charge in [-0.05, 0) is 48.5 Å². The van der Waals surface area contributed by atoms with Crippen LogP contribution in [0.1, 0.15) is 26.3 Å². The number of hydrogen-bond donors (Lipinski definition) is 1. The maximum Gasteiger partial charge on any atom is 0.343 e. The number of nitrogens with zero attached hydrogens (tertiary/aromatic N) is 1. The van der Waals surface area contributed by atoms with Gasteiger partial charge in [0, 0.05) is 11.1 Å². The number of fused-ring (bicyclic) bond motifs is 2. The molecule has 0 saturated heterocycles. The van der Waals surface area contributed by atoms with Crippen LogP contribution < -0.4 is 29.1 Å². The van der Waals surface area contributed by atoms with E-state index in [9.17, 15) is 9.59 Å². The van der Waals surface area contributed by atoms with E-state index in [4.69, 9.17) is 23.7 Å². The third-order valence-corrected chi connectivity index (χ3v) is 4.73. The molecule has 0 bridgehead atoms. The number of ether oxygens (including phenoxy) is 5. The van der Waals surface area contributed by atoms with E-state index in [0.717, 1.165) is 0 Å². The Morgan fingerprint density at radius 2 is 1.44 bits per heavy atom. The summed E-state index contributed by atoms with van der Waals surface area (Å²) in [7, 11) is 0. The fourth-order valence-corrected chi connectivity index (χ4v) is 3.13. The minimum absolute atomic E-state index is 0.116. The molecule has 3 aromatic rings. The molecule has 2 aliphatic rings. The molecule has 0 unspecified atom stereocenters. The van der Waals surface area contributed by atoms with Gasteiger partial charge in [0.2, 0.25) is 13.6 Å². The summed E-state index contributed by atoms with van der Waals surface area (Å²) in [6, 6.07) is 16.5. The number of rotatable bonds is 5. The number of nitrogens with one attached hydrogen (secondary N) is 1. The first kappa shape index (κ1) is 19.4. The molecule has 0 spiro atoms. The summed E-state index contributed by atoms with van der Waals surface area (Å²) >= 11 is 0. The molecule has 0 aliphatic carbocycles. The molecule has 160 valence electrons. The minimum Gasteiger partial charge on any atom is -0.454 e. The monoisotopic (exact) mass is 432 g/mol. The average molecular weight is 432 g/mol. The standard InChI is InChI=1S/C23H16N2O7/c26-22(14-5-7-18-20(9-14)30-12-28-18)25-24-11-16-3-1-2-4-17(16)32-23(27)15-6-8-19-21(10-15)31-13-29-19/h1-11H,12-13H2,(H,25,26). The third-order valence-electron chi connectivity index (χ3n) is 4.73. The largest absolute Gasteiger partial charge is 0.454 e. The number of esters is 1. The van der Waals surface area contributed by atoms with Gasteiger partial charge < -0.3 is 23.7 Å². The second kappa shape index (κ2) is 8.31. The average Bonchev–Trinajstić information content (AvgIpc) is 3.48. The number of carbonyl (C=O) groups is 2. The highest BCUT2D eigenvalue weighted by molar-refractivity contribution is 5.96. The lowest BCUT2D eigenvalue weighted by atomic mass is 10.2. The number of amides is 1. The zero-order valence-electron chi connectivity index (χ0n) is 16.6. The maximum atomic E-state index is 12.6. The van der Waals surface area contributed by atoms with Crippen molar-refractivity contribution in [3.63, 3.8) is 0 Å². The molecule has 32 heavy (non-hydrogen) atoms. The first-order valence-electron chi connectivity index (χ1n) is 9.61. The Balaban J connectivity index is 1.26. The van der Waals surface area contributed by atoms with Crippen molar-refractivity contribution in [1.29, 1.82) is 0 Å². The quantitative estimate of drug-likeness (QED) is 0.286. The highest BCUT2D eigenvalue weighted by atomic mass is 16.7. The van der Waals surface area contributed by atoms with Crippen molar-refractivity contribution in [1.82, 2.24) is 5.43 Å². The normalized spacial score (nSPS) is 13.2.